The summed E-state index contributed by atoms with van der Waals surface area (Å²) in [6, 6.07) is 0. The van der Waals surface area contributed by atoms with Crippen LogP contribution in [0.15, 0.2) is 4.99 Å². The van der Waals surface area contributed by atoms with Crippen molar-refractivity contribution in [1.29, 1.82) is 0 Å². The molecule has 0 unspecified atom stereocenters. The third kappa shape index (κ3) is 12.7. The first-order chi connectivity index (χ1) is 8.20. The number of rotatable bonds is 7. The molecule has 0 aliphatic carbocycles. The van der Waals surface area contributed by atoms with E-state index < -0.39 is 9.84 Å². The molecule has 0 aliphatic rings. The summed E-state index contributed by atoms with van der Waals surface area (Å²) < 4.78 is 27.2. The first-order valence-corrected chi connectivity index (χ1v) is 7.93. The number of nitrogens with one attached hydrogen (secondary N) is 2. The van der Waals surface area contributed by atoms with Crippen LogP contribution in [0.25, 0.3) is 0 Å². The molecule has 0 aliphatic heterocycles. The molecule has 0 heterocycles. The molecular weight excluding hydrogens is 381 g/mol. The van der Waals surface area contributed by atoms with Crippen molar-refractivity contribution in [2.75, 3.05) is 39.3 Å². The first-order valence-electron chi connectivity index (χ1n) is 5.87. The number of sulfone groups is 1. The minimum atomic E-state index is -2.89. The minimum Gasteiger partial charge on any atom is -0.377 e. The Kier molecular flexibility index (Phi) is 10.9. The SMILES string of the molecule is CN=C(NCCCS(C)(=O)=O)NCC(C)(C)OC.I. The third-order valence-corrected chi connectivity index (χ3v) is 3.47. The molecule has 0 aromatic carbocycles. The van der Waals surface area contributed by atoms with Crippen molar-refractivity contribution in [2.24, 2.45) is 4.99 Å². The standard InChI is InChI=1S/C11H25N3O3S.HI/c1-11(2,17-4)9-14-10(12-3)13-7-6-8-18(5,15)16;/h6-9H2,1-5H3,(H2,12,13,14);1H. The predicted octanol–water partition coefficient (Wildman–Crippen LogP) is 0.629. The number of nitrogens with zero attached hydrogens (tertiary/aromatic N) is 1. The number of aliphatic imine (C=N–C) groups is 1. The number of ether oxygens (including phenoxy) is 1. The molecule has 0 fully saturated rings. The summed E-state index contributed by atoms with van der Waals surface area (Å²) in [6.45, 7) is 5.13. The molecule has 2 N–H and O–H groups in total. The second-order valence-corrected chi connectivity index (χ2v) is 7.06. The van der Waals surface area contributed by atoms with Gasteiger partial charge < -0.3 is 15.4 Å². The van der Waals surface area contributed by atoms with Crippen LogP contribution in [0.2, 0.25) is 0 Å². The summed E-state index contributed by atoms with van der Waals surface area (Å²) in [5.74, 6) is 0.828. The zero-order valence-corrected chi connectivity index (χ0v) is 15.5. The monoisotopic (exact) mass is 407 g/mol. The average molecular weight is 407 g/mol. The van der Waals surface area contributed by atoms with Crippen molar-refractivity contribution in [1.82, 2.24) is 10.6 Å². The summed E-state index contributed by atoms with van der Waals surface area (Å²) >= 11 is 0. The van der Waals surface area contributed by atoms with E-state index in [1.165, 1.54) is 6.26 Å². The normalized spacial score (nSPS) is 12.8. The molecule has 0 spiro atoms. The summed E-state index contributed by atoms with van der Waals surface area (Å²) in [5.41, 5.74) is -0.273. The molecule has 0 saturated heterocycles. The van der Waals surface area contributed by atoms with E-state index >= 15 is 0 Å². The van der Waals surface area contributed by atoms with Crippen LogP contribution < -0.4 is 10.6 Å². The molecule has 0 bridgehead atoms. The number of hydrogen-bond donors (Lipinski definition) is 2. The maximum Gasteiger partial charge on any atom is 0.191 e. The fraction of sp³-hybridized carbons (Fsp3) is 0.909. The van der Waals surface area contributed by atoms with Crippen LogP contribution in [-0.2, 0) is 14.6 Å². The van der Waals surface area contributed by atoms with Crippen LogP contribution in [0.1, 0.15) is 20.3 Å². The van der Waals surface area contributed by atoms with Gasteiger partial charge in [0, 0.05) is 33.5 Å². The van der Waals surface area contributed by atoms with Gasteiger partial charge in [0.25, 0.3) is 0 Å². The Balaban J connectivity index is 0. The van der Waals surface area contributed by atoms with E-state index in [1.54, 1.807) is 14.2 Å². The smallest absolute Gasteiger partial charge is 0.191 e. The van der Waals surface area contributed by atoms with E-state index in [1.807, 2.05) is 13.8 Å². The Morgan fingerprint density at radius 1 is 1.32 bits per heavy atom. The molecular formula is C11H26IN3O3S. The van der Waals surface area contributed by atoms with Gasteiger partial charge in [-0.1, -0.05) is 0 Å². The van der Waals surface area contributed by atoms with Crippen molar-refractivity contribution < 1.29 is 13.2 Å². The van der Waals surface area contributed by atoms with Crippen LogP contribution in [-0.4, -0.2) is 59.2 Å². The van der Waals surface area contributed by atoms with Crippen molar-refractivity contribution in [3.05, 3.63) is 0 Å². The fourth-order valence-corrected chi connectivity index (χ4v) is 1.80. The highest BCUT2D eigenvalue weighted by Gasteiger charge is 2.16. The highest BCUT2D eigenvalue weighted by Crippen LogP contribution is 2.04. The quantitative estimate of drug-likeness (QED) is 0.280. The summed E-state index contributed by atoms with van der Waals surface area (Å²) in [7, 11) is 0.440. The number of guanidine groups is 1. The van der Waals surface area contributed by atoms with E-state index in [0.29, 0.717) is 25.5 Å². The van der Waals surface area contributed by atoms with Crippen LogP contribution in [0.3, 0.4) is 0 Å². The molecule has 0 radical (unpaired) electrons. The van der Waals surface area contributed by atoms with E-state index in [0.717, 1.165) is 0 Å². The number of methoxy groups -OCH3 is 1. The molecule has 8 heteroatoms. The van der Waals surface area contributed by atoms with Crippen molar-refractivity contribution in [2.45, 2.75) is 25.9 Å². The zero-order chi connectivity index (χ0) is 14.2. The van der Waals surface area contributed by atoms with Gasteiger partial charge in [-0.15, -0.1) is 24.0 Å². The number of hydrogen-bond acceptors (Lipinski definition) is 4. The van der Waals surface area contributed by atoms with Crippen molar-refractivity contribution in [3.8, 4) is 0 Å². The van der Waals surface area contributed by atoms with Gasteiger partial charge >= 0.3 is 0 Å². The van der Waals surface area contributed by atoms with Gasteiger partial charge in [-0.2, -0.15) is 0 Å². The summed E-state index contributed by atoms with van der Waals surface area (Å²) in [6.07, 6.45) is 1.80. The van der Waals surface area contributed by atoms with Gasteiger partial charge in [-0.05, 0) is 20.3 Å². The average Bonchev–Trinajstić information content (AvgIpc) is 2.27. The van der Waals surface area contributed by atoms with Gasteiger partial charge in [0.15, 0.2) is 5.96 Å². The fourth-order valence-electron chi connectivity index (χ4n) is 1.13. The largest absolute Gasteiger partial charge is 0.377 e. The lowest BCUT2D eigenvalue weighted by atomic mass is 10.1. The van der Waals surface area contributed by atoms with Gasteiger partial charge in [0.2, 0.25) is 0 Å². The summed E-state index contributed by atoms with van der Waals surface area (Å²) in [5, 5.41) is 6.18. The van der Waals surface area contributed by atoms with E-state index in [2.05, 4.69) is 15.6 Å². The maximum atomic E-state index is 11.0. The van der Waals surface area contributed by atoms with Gasteiger partial charge in [0.05, 0.1) is 11.4 Å². The van der Waals surface area contributed by atoms with Crippen LogP contribution in [0.5, 0.6) is 0 Å². The zero-order valence-electron chi connectivity index (χ0n) is 12.3. The molecule has 0 amide bonds. The minimum absolute atomic E-state index is 0. The number of halogens is 1. The Morgan fingerprint density at radius 3 is 2.32 bits per heavy atom. The molecule has 116 valence electrons. The van der Waals surface area contributed by atoms with Gasteiger partial charge in [-0.3, -0.25) is 4.99 Å². The predicted molar refractivity (Wildman–Crippen MR) is 90.2 cm³/mol. The van der Waals surface area contributed by atoms with Crippen molar-refractivity contribution >= 4 is 39.8 Å². The first kappa shape index (κ1) is 21.2. The van der Waals surface area contributed by atoms with E-state index in [9.17, 15) is 8.42 Å². The highest BCUT2D eigenvalue weighted by molar-refractivity contribution is 14.0. The van der Waals surface area contributed by atoms with Crippen LogP contribution in [0, 0.1) is 0 Å². The molecule has 0 atom stereocenters. The lowest BCUT2D eigenvalue weighted by Crippen LogP contribution is -2.45. The molecule has 0 aromatic heterocycles. The summed E-state index contributed by atoms with van der Waals surface area (Å²) in [4.78, 5) is 4.05. The second kappa shape index (κ2) is 9.76. The maximum absolute atomic E-state index is 11.0. The molecule has 0 saturated carbocycles. The lowest BCUT2D eigenvalue weighted by molar-refractivity contribution is 0.0268. The Hall–Kier alpha value is -0.0900. The molecule has 19 heavy (non-hydrogen) atoms. The highest BCUT2D eigenvalue weighted by atomic mass is 127. The third-order valence-electron chi connectivity index (χ3n) is 2.44. The van der Waals surface area contributed by atoms with Crippen molar-refractivity contribution in [3.63, 3.8) is 0 Å². The Morgan fingerprint density at radius 2 is 1.89 bits per heavy atom. The topological polar surface area (TPSA) is 79.8 Å². The van der Waals surface area contributed by atoms with E-state index in [4.69, 9.17) is 4.74 Å². The molecule has 6 nitrogen and oxygen atoms in total. The van der Waals surface area contributed by atoms with E-state index in [-0.39, 0.29) is 35.3 Å². The molecule has 0 rings (SSSR count). The Labute approximate surface area is 133 Å². The lowest BCUT2D eigenvalue weighted by Gasteiger charge is -2.24. The van der Waals surface area contributed by atoms with Crippen LogP contribution in [0.4, 0.5) is 0 Å². The van der Waals surface area contributed by atoms with Gasteiger partial charge in [0.1, 0.15) is 9.84 Å². The molecule has 0 aromatic rings. The second-order valence-electron chi connectivity index (χ2n) is 4.80. The van der Waals surface area contributed by atoms with Gasteiger partial charge in [-0.25, -0.2) is 8.42 Å². The van der Waals surface area contributed by atoms with Crippen LogP contribution >= 0.6 is 24.0 Å². The Bertz CT molecular complexity index is 369.